The number of anilines is 6. The number of hydrogen-bond donors (Lipinski definition) is 0. The van der Waals surface area contributed by atoms with Crippen molar-refractivity contribution in [1.29, 1.82) is 0 Å². The lowest BCUT2D eigenvalue weighted by molar-refractivity contribution is 0.669. The van der Waals surface area contributed by atoms with Crippen molar-refractivity contribution < 1.29 is 4.42 Å². The summed E-state index contributed by atoms with van der Waals surface area (Å²) < 4.78 is 8.69. The molecule has 0 spiro atoms. The van der Waals surface area contributed by atoms with Gasteiger partial charge < -0.3 is 18.8 Å². The molecule has 4 heteroatoms. The first kappa shape index (κ1) is 31.9. The molecule has 9 aromatic carbocycles. The molecule has 11 rings (SSSR count). The largest absolute Gasteiger partial charge is 0.456 e. The van der Waals surface area contributed by atoms with Crippen LogP contribution in [-0.4, -0.2) is 4.57 Å². The summed E-state index contributed by atoms with van der Waals surface area (Å²) in [7, 11) is 0. The highest BCUT2D eigenvalue weighted by Crippen LogP contribution is 2.43. The molecule has 0 saturated carbocycles. The summed E-state index contributed by atoms with van der Waals surface area (Å²) in [5.74, 6) is 0. The first-order valence-corrected chi connectivity index (χ1v) is 19.0. The molecule has 0 unspecified atom stereocenters. The van der Waals surface area contributed by atoms with E-state index in [0.29, 0.717) is 0 Å². The SMILES string of the molecule is c1ccc(N(c2cccc(N(c3ccccc3)c3ccc4c5ccccc5n(-c5ccccc5)c4c3)c2)c2ccc3cc4c(cc3c2)oc2ccccc24)cc1. The highest BCUT2D eigenvalue weighted by Gasteiger charge is 2.20. The fraction of sp³-hybridized carbons (Fsp3) is 0. The zero-order valence-electron chi connectivity index (χ0n) is 30.5. The Bertz CT molecular complexity index is 3200. The summed E-state index contributed by atoms with van der Waals surface area (Å²) in [6, 6.07) is 75.7. The molecule has 4 nitrogen and oxygen atoms in total. The molecule has 2 heterocycles. The van der Waals surface area contributed by atoms with Crippen LogP contribution in [0.5, 0.6) is 0 Å². The van der Waals surface area contributed by atoms with Crippen molar-refractivity contribution in [2.24, 2.45) is 0 Å². The van der Waals surface area contributed by atoms with Gasteiger partial charge in [-0.05, 0) is 114 Å². The van der Waals surface area contributed by atoms with Crippen LogP contribution in [0.1, 0.15) is 0 Å². The van der Waals surface area contributed by atoms with Gasteiger partial charge in [-0.25, -0.2) is 0 Å². The number of fused-ring (bicyclic) bond motifs is 7. The summed E-state index contributed by atoms with van der Waals surface area (Å²) in [5.41, 5.74) is 11.7. The highest BCUT2D eigenvalue weighted by atomic mass is 16.3. The maximum absolute atomic E-state index is 6.31. The standard InChI is InChI=1S/C52H35N3O/c1-4-15-38(16-5-1)53(43-28-27-36-32-48-47-24-11-13-26-51(47)56-52(48)33-37(36)31-43)41-21-14-22-42(34-41)54(39-17-6-2-7-18-39)44-29-30-46-45-23-10-12-25-49(45)55(50(46)35-44)40-19-8-3-9-20-40/h1-35H. The maximum Gasteiger partial charge on any atom is 0.136 e. The van der Waals surface area contributed by atoms with E-state index in [1.54, 1.807) is 0 Å². The number of hydrogen-bond acceptors (Lipinski definition) is 3. The van der Waals surface area contributed by atoms with E-state index in [4.69, 9.17) is 4.42 Å². The van der Waals surface area contributed by atoms with Crippen LogP contribution in [-0.2, 0) is 0 Å². The lowest BCUT2D eigenvalue weighted by Gasteiger charge is -2.29. The second-order valence-corrected chi connectivity index (χ2v) is 14.2. The number of rotatable bonds is 7. The zero-order valence-corrected chi connectivity index (χ0v) is 30.5. The Balaban J connectivity index is 1.08. The van der Waals surface area contributed by atoms with Crippen LogP contribution in [0.15, 0.2) is 217 Å². The second-order valence-electron chi connectivity index (χ2n) is 14.2. The Hall–Kier alpha value is -7.56. The van der Waals surface area contributed by atoms with Crippen LogP contribution >= 0.6 is 0 Å². The Morgan fingerprint density at radius 1 is 0.304 bits per heavy atom. The van der Waals surface area contributed by atoms with Crippen molar-refractivity contribution in [3.8, 4) is 5.69 Å². The lowest BCUT2D eigenvalue weighted by atomic mass is 10.0. The Morgan fingerprint density at radius 2 is 0.857 bits per heavy atom. The average Bonchev–Trinajstić information content (AvgIpc) is 3.79. The van der Waals surface area contributed by atoms with Gasteiger partial charge in [0, 0.05) is 61.4 Å². The van der Waals surface area contributed by atoms with Gasteiger partial charge in [0.2, 0.25) is 0 Å². The number of furan rings is 1. The Morgan fingerprint density at radius 3 is 1.59 bits per heavy atom. The van der Waals surface area contributed by atoms with E-state index >= 15 is 0 Å². The second kappa shape index (κ2) is 13.1. The predicted octanol–water partition coefficient (Wildman–Crippen LogP) is 14.8. The van der Waals surface area contributed by atoms with Gasteiger partial charge in [0.15, 0.2) is 0 Å². The first-order valence-electron chi connectivity index (χ1n) is 19.0. The number of para-hydroxylation sites is 5. The van der Waals surface area contributed by atoms with Crippen LogP contribution in [0.3, 0.4) is 0 Å². The monoisotopic (exact) mass is 717 g/mol. The summed E-state index contributed by atoms with van der Waals surface area (Å²) in [5, 5.41) is 7.03. The van der Waals surface area contributed by atoms with Gasteiger partial charge in [-0.15, -0.1) is 0 Å². The summed E-state index contributed by atoms with van der Waals surface area (Å²) in [6.45, 7) is 0. The van der Waals surface area contributed by atoms with Crippen molar-refractivity contribution >= 4 is 88.6 Å². The first-order chi connectivity index (χ1) is 27.8. The molecule has 0 radical (unpaired) electrons. The van der Waals surface area contributed by atoms with Crippen LogP contribution in [0.25, 0.3) is 60.2 Å². The fourth-order valence-corrected chi connectivity index (χ4v) is 8.37. The summed E-state index contributed by atoms with van der Waals surface area (Å²) in [4.78, 5) is 4.70. The summed E-state index contributed by atoms with van der Waals surface area (Å²) >= 11 is 0. The molecule has 0 aliphatic carbocycles. The molecule has 11 aromatic rings. The van der Waals surface area contributed by atoms with E-state index in [0.717, 1.165) is 72.7 Å². The minimum atomic E-state index is 0.894. The third-order valence-electron chi connectivity index (χ3n) is 10.9. The lowest BCUT2D eigenvalue weighted by Crippen LogP contribution is -2.13. The van der Waals surface area contributed by atoms with Crippen molar-refractivity contribution in [2.75, 3.05) is 9.80 Å². The predicted molar refractivity (Wildman–Crippen MR) is 235 cm³/mol. The highest BCUT2D eigenvalue weighted by molar-refractivity contribution is 6.11. The molecule has 264 valence electrons. The molecule has 0 amide bonds. The number of nitrogens with zero attached hydrogens (tertiary/aromatic N) is 3. The average molecular weight is 718 g/mol. The minimum absolute atomic E-state index is 0.894. The Labute approximate surface area is 324 Å². The topological polar surface area (TPSA) is 24.6 Å². The van der Waals surface area contributed by atoms with E-state index in [2.05, 4.69) is 215 Å². The van der Waals surface area contributed by atoms with Gasteiger partial charge in [-0.3, -0.25) is 0 Å². The van der Waals surface area contributed by atoms with Crippen LogP contribution in [0.4, 0.5) is 34.1 Å². The molecule has 2 aromatic heterocycles. The van der Waals surface area contributed by atoms with Crippen molar-refractivity contribution in [2.45, 2.75) is 0 Å². The van der Waals surface area contributed by atoms with Crippen molar-refractivity contribution in [3.05, 3.63) is 212 Å². The third-order valence-corrected chi connectivity index (χ3v) is 10.9. The fourth-order valence-electron chi connectivity index (χ4n) is 8.37. The van der Waals surface area contributed by atoms with E-state index in [9.17, 15) is 0 Å². The Kier molecular flexibility index (Phi) is 7.46. The van der Waals surface area contributed by atoms with Gasteiger partial charge >= 0.3 is 0 Å². The van der Waals surface area contributed by atoms with Crippen molar-refractivity contribution in [3.63, 3.8) is 0 Å². The molecule has 0 N–H and O–H groups in total. The minimum Gasteiger partial charge on any atom is -0.456 e. The molecule has 0 atom stereocenters. The molecule has 0 aliphatic heterocycles. The van der Waals surface area contributed by atoms with Gasteiger partial charge in [0.25, 0.3) is 0 Å². The molecule has 56 heavy (non-hydrogen) atoms. The van der Waals surface area contributed by atoms with E-state index < -0.39 is 0 Å². The van der Waals surface area contributed by atoms with E-state index in [-0.39, 0.29) is 0 Å². The third kappa shape index (κ3) is 5.31. The normalized spacial score (nSPS) is 11.6. The molecular weight excluding hydrogens is 683 g/mol. The number of aromatic nitrogens is 1. The van der Waals surface area contributed by atoms with Gasteiger partial charge in [0.05, 0.1) is 11.0 Å². The zero-order chi connectivity index (χ0) is 37.0. The van der Waals surface area contributed by atoms with Crippen molar-refractivity contribution in [1.82, 2.24) is 4.57 Å². The molecule has 0 fully saturated rings. The van der Waals surface area contributed by atoms with Gasteiger partial charge in [0.1, 0.15) is 11.2 Å². The van der Waals surface area contributed by atoms with Crippen LogP contribution in [0, 0.1) is 0 Å². The maximum atomic E-state index is 6.31. The van der Waals surface area contributed by atoms with Gasteiger partial charge in [-0.1, -0.05) is 109 Å². The van der Waals surface area contributed by atoms with E-state index in [1.807, 2.05) is 12.1 Å². The van der Waals surface area contributed by atoms with Crippen LogP contribution in [0.2, 0.25) is 0 Å². The summed E-state index contributed by atoms with van der Waals surface area (Å²) in [6.07, 6.45) is 0. The molecular formula is C52H35N3O. The molecule has 0 bridgehead atoms. The van der Waals surface area contributed by atoms with E-state index in [1.165, 1.54) is 21.7 Å². The van der Waals surface area contributed by atoms with Crippen LogP contribution < -0.4 is 9.80 Å². The molecule has 0 saturated heterocycles. The van der Waals surface area contributed by atoms with Gasteiger partial charge in [-0.2, -0.15) is 0 Å². The smallest absolute Gasteiger partial charge is 0.136 e. The molecule has 0 aliphatic rings. The quantitative estimate of drug-likeness (QED) is 0.164. The number of benzene rings is 9.